The van der Waals surface area contributed by atoms with Crippen LogP contribution < -0.4 is 10.2 Å². The summed E-state index contributed by atoms with van der Waals surface area (Å²) in [5.41, 5.74) is 3.52. The molecule has 1 unspecified atom stereocenters. The molecular weight excluding hydrogens is 392 g/mol. The van der Waals surface area contributed by atoms with Crippen molar-refractivity contribution in [1.29, 1.82) is 0 Å². The third kappa shape index (κ3) is 3.61. The number of hydrogen-bond acceptors (Lipinski definition) is 5. The van der Waals surface area contributed by atoms with Crippen LogP contribution in [0.25, 0.3) is 11.0 Å². The number of para-hydroxylation sites is 1. The minimum atomic E-state index is -0.539. The maximum Gasteiger partial charge on any atom is 0.290 e. The molecule has 1 aromatic heterocycles. The second kappa shape index (κ2) is 8.19. The monoisotopic (exact) mass is 420 g/mol. The van der Waals surface area contributed by atoms with Gasteiger partial charge in [0.2, 0.25) is 5.76 Å². The first kappa shape index (κ1) is 21.1. The van der Waals surface area contributed by atoms with E-state index in [1.807, 2.05) is 64.3 Å². The van der Waals surface area contributed by atoms with Crippen LogP contribution in [-0.2, 0) is 0 Å². The van der Waals surface area contributed by atoms with E-state index in [0.717, 1.165) is 29.7 Å². The summed E-state index contributed by atoms with van der Waals surface area (Å²) >= 11 is 0. The normalized spacial score (nSPS) is 15.7. The van der Waals surface area contributed by atoms with Crippen LogP contribution in [0.5, 0.6) is 5.75 Å². The van der Waals surface area contributed by atoms with E-state index in [-0.39, 0.29) is 17.1 Å². The molecule has 3 aromatic rings. The SMILES string of the molecule is COc1ccccc1C1c2c(oc3cc(C)c(C)cc3c2=O)C(=O)N1CCCN(C)C. The zero-order valence-electron chi connectivity index (χ0n) is 18.7. The molecule has 162 valence electrons. The minimum Gasteiger partial charge on any atom is -0.496 e. The molecule has 31 heavy (non-hydrogen) atoms. The Morgan fingerprint density at radius 3 is 2.52 bits per heavy atom. The highest BCUT2D eigenvalue weighted by atomic mass is 16.5. The topological polar surface area (TPSA) is 63.0 Å². The van der Waals surface area contributed by atoms with Crippen LogP contribution in [0.4, 0.5) is 0 Å². The first-order valence-corrected chi connectivity index (χ1v) is 10.5. The van der Waals surface area contributed by atoms with Gasteiger partial charge >= 0.3 is 0 Å². The molecular formula is C25H28N2O4. The van der Waals surface area contributed by atoms with E-state index in [4.69, 9.17) is 9.15 Å². The van der Waals surface area contributed by atoms with Crippen molar-refractivity contribution in [2.75, 3.05) is 34.3 Å². The van der Waals surface area contributed by atoms with Gasteiger partial charge in [0, 0.05) is 12.1 Å². The van der Waals surface area contributed by atoms with E-state index in [1.54, 1.807) is 12.0 Å². The number of hydrogen-bond donors (Lipinski definition) is 0. The minimum absolute atomic E-state index is 0.140. The lowest BCUT2D eigenvalue weighted by Crippen LogP contribution is -2.32. The van der Waals surface area contributed by atoms with Gasteiger partial charge < -0.3 is 19.0 Å². The van der Waals surface area contributed by atoms with E-state index in [9.17, 15) is 9.59 Å². The molecule has 2 heterocycles. The molecule has 0 saturated heterocycles. The summed E-state index contributed by atoms with van der Waals surface area (Å²) in [4.78, 5) is 30.9. The second-order valence-electron chi connectivity index (χ2n) is 8.41. The van der Waals surface area contributed by atoms with E-state index in [0.29, 0.717) is 28.8 Å². The van der Waals surface area contributed by atoms with E-state index in [1.165, 1.54) is 0 Å². The van der Waals surface area contributed by atoms with Crippen molar-refractivity contribution < 1.29 is 13.9 Å². The molecule has 1 amide bonds. The van der Waals surface area contributed by atoms with Crippen molar-refractivity contribution in [3.05, 3.63) is 74.6 Å². The zero-order chi connectivity index (χ0) is 22.3. The Hall–Kier alpha value is -3.12. The quantitative estimate of drug-likeness (QED) is 0.605. The highest BCUT2D eigenvalue weighted by Gasteiger charge is 2.43. The number of ether oxygens (including phenoxy) is 1. The van der Waals surface area contributed by atoms with Crippen molar-refractivity contribution in [3.8, 4) is 5.75 Å². The van der Waals surface area contributed by atoms with Crippen molar-refractivity contribution in [2.24, 2.45) is 0 Å². The summed E-state index contributed by atoms with van der Waals surface area (Å²) in [5.74, 6) is 0.536. The summed E-state index contributed by atoms with van der Waals surface area (Å²) in [5, 5.41) is 0.504. The number of fused-ring (bicyclic) bond motifs is 2. The van der Waals surface area contributed by atoms with E-state index >= 15 is 0 Å². The first-order chi connectivity index (χ1) is 14.8. The van der Waals surface area contributed by atoms with Gasteiger partial charge in [-0.25, -0.2) is 0 Å². The lowest BCUT2D eigenvalue weighted by molar-refractivity contribution is 0.0721. The van der Waals surface area contributed by atoms with Gasteiger partial charge in [-0.15, -0.1) is 0 Å². The van der Waals surface area contributed by atoms with Gasteiger partial charge in [-0.1, -0.05) is 18.2 Å². The van der Waals surface area contributed by atoms with Crippen molar-refractivity contribution >= 4 is 16.9 Å². The first-order valence-electron chi connectivity index (χ1n) is 10.5. The molecule has 6 heteroatoms. The fourth-order valence-corrected chi connectivity index (χ4v) is 4.28. The summed E-state index contributed by atoms with van der Waals surface area (Å²) in [6, 6.07) is 10.7. The molecule has 0 aliphatic carbocycles. The zero-order valence-corrected chi connectivity index (χ0v) is 18.7. The Morgan fingerprint density at radius 1 is 1.10 bits per heavy atom. The molecule has 2 aromatic carbocycles. The third-order valence-electron chi connectivity index (χ3n) is 6.02. The van der Waals surface area contributed by atoms with Gasteiger partial charge in [0.1, 0.15) is 11.3 Å². The Balaban J connectivity index is 1.94. The van der Waals surface area contributed by atoms with Crippen molar-refractivity contribution in [2.45, 2.75) is 26.3 Å². The number of nitrogens with zero attached hydrogens (tertiary/aromatic N) is 2. The van der Waals surface area contributed by atoms with Crippen LogP contribution in [0.1, 0.15) is 45.3 Å². The Morgan fingerprint density at radius 2 is 1.81 bits per heavy atom. The average molecular weight is 421 g/mol. The molecule has 0 N–H and O–H groups in total. The predicted molar refractivity (Wildman–Crippen MR) is 121 cm³/mol. The average Bonchev–Trinajstić information content (AvgIpc) is 3.01. The largest absolute Gasteiger partial charge is 0.496 e. The summed E-state index contributed by atoms with van der Waals surface area (Å²) in [6.45, 7) is 5.28. The second-order valence-corrected chi connectivity index (χ2v) is 8.41. The standard InChI is InChI=1S/C25H28N2O4/c1-15-13-18-20(14-16(15)2)31-24-21(23(18)28)22(17-9-6-7-10-19(17)30-5)27(25(24)29)12-8-11-26(3)4/h6-7,9-10,13-14,22H,8,11-12H2,1-5H3. The lowest BCUT2D eigenvalue weighted by atomic mass is 9.96. The maximum absolute atomic E-state index is 13.7. The van der Waals surface area contributed by atoms with Crippen LogP contribution in [0.2, 0.25) is 0 Å². The van der Waals surface area contributed by atoms with Gasteiger partial charge in [-0.05, 0) is 70.2 Å². The number of aryl methyl sites for hydroxylation is 2. The Kier molecular flexibility index (Phi) is 5.58. The molecule has 4 rings (SSSR count). The number of carbonyl (C=O) groups is 1. The van der Waals surface area contributed by atoms with E-state index in [2.05, 4.69) is 4.90 Å². The molecule has 1 aliphatic heterocycles. The molecule has 6 nitrogen and oxygen atoms in total. The highest BCUT2D eigenvalue weighted by Crippen LogP contribution is 2.41. The molecule has 0 radical (unpaired) electrons. The molecule has 0 saturated carbocycles. The molecule has 0 bridgehead atoms. The van der Waals surface area contributed by atoms with Gasteiger partial charge in [-0.2, -0.15) is 0 Å². The van der Waals surface area contributed by atoms with E-state index < -0.39 is 6.04 Å². The van der Waals surface area contributed by atoms with Gasteiger partial charge in [0.15, 0.2) is 5.43 Å². The fraction of sp³-hybridized carbons (Fsp3) is 0.360. The van der Waals surface area contributed by atoms with Crippen LogP contribution in [0, 0.1) is 13.8 Å². The van der Waals surface area contributed by atoms with Gasteiger partial charge in [-0.3, -0.25) is 9.59 Å². The van der Waals surface area contributed by atoms with Gasteiger partial charge in [0.25, 0.3) is 5.91 Å². The Labute approximate surface area is 182 Å². The summed E-state index contributed by atoms with van der Waals surface area (Å²) in [7, 11) is 5.60. The van der Waals surface area contributed by atoms with Crippen molar-refractivity contribution in [1.82, 2.24) is 9.80 Å². The number of amides is 1. The Bertz CT molecular complexity index is 1210. The number of rotatable bonds is 6. The van der Waals surface area contributed by atoms with Crippen LogP contribution in [0.15, 0.2) is 45.6 Å². The summed E-state index contributed by atoms with van der Waals surface area (Å²) in [6.07, 6.45) is 0.782. The summed E-state index contributed by atoms with van der Waals surface area (Å²) < 4.78 is 11.7. The number of benzene rings is 2. The maximum atomic E-state index is 13.7. The third-order valence-corrected chi connectivity index (χ3v) is 6.02. The highest BCUT2D eigenvalue weighted by molar-refractivity contribution is 5.99. The lowest BCUT2D eigenvalue weighted by Gasteiger charge is -2.26. The van der Waals surface area contributed by atoms with Crippen LogP contribution in [0.3, 0.4) is 0 Å². The fourth-order valence-electron chi connectivity index (χ4n) is 4.28. The molecule has 0 spiro atoms. The molecule has 1 atom stereocenters. The van der Waals surface area contributed by atoms with Crippen LogP contribution >= 0.6 is 0 Å². The van der Waals surface area contributed by atoms with Crippen molar-refractivity contribution in [3.63, 3.8) is 0 Å². The smallest absolute Gasteiger partial charge is 0.290 e. The van der Waals surface area contributed by atoms with Gasteiger partial charge in [0.05, 0.1) is 24.1 Å². The molecule has 1 aliphatic rings. The number of carbonyl (C=O) groups excluding carboxylic acids is 1. The van der Waals surface area contributed by atoms with Crippen LogP contribution in [-0.4, -0.2) is 50.0 Å². The number of methoxy groups -OCH3 is 1. The predicted octanol–water partition coefficient (Wildman–Crippen LogP) is 3.92. The molecule has 0 fully saturated rings.